The highest BCUT2D eigenvalue weighted by Crippen LogP contribution is 2.29. The van der Waals surface area contributed by atoms with Gasteiger partial charge in [-0.2, -0.15) is 0 Å². The van der Waals surface area contributed by atoms with Crippen molar-refractivity contribution in [3.05, 3.63) is 77.2 Å². The zero-order chi connectivity index (χ0) is 25.7. The van der Waals surface area contributed by atoms with E-state index in [-0.39, 0.29) is 24.0 Å². The molecule has 2 heterocycles. The number of nitrogens with zero attached hydrogens (tertiary/aromatic N) is 4. The molecule has 0 saturated carbocycles. The average molecular weight is 492 g/mol. The molecule has 190 valence electrons. The van der Waals surface area contributed by atoms with E-state index in [2.05, 4.69) is 10.2 Å². The molecule has 0 aliphatic carbocycles. The minimum atomic E-state index is -0.298. The topological polar surface area (TPSA) is 70.6 Å². The number of benzene rings is 2. The van der Waals surface area contributed by atoms with Gasteiger partial charge in [0.1, 0.15) is 11.6 Å². The SMILES string of the molecule is COCc1nc(-c2ccccc2)nc(N2CCN(C(=O)NC(C)(C)C)CC2)c1Cc1ccccc1F. The first kappa shape index (κ1) is 25.6. The predicted octanol–water partition coefficient (Wildman–Crippen LogP) is 4.65. The Kier molecular flexibility index (Phi) is 7.84. The lowest BCUT2D eigenvalue weighted by atomic mass is 10.0. The first-order valence-electron chi connectivity index (χ1n) is 12.2. The summed E-state index contributed by atoms with van der Waals surface area (Å²) in [6.07, 6.45) is 0.348. The van der Waals surface area contributed by atoms with Crippen LogP contribution in [0.1, 0.15) is 37.6 Å². The molecule has 2 amide bonds. The van der Waals surface area contributed by atoms with Gasteiger partial charge < -0.3 is 19.9 Å². The van der Waals surface area contributed by atoms with E-state index >= 15 is 0 Å². The van der Waals surface area contributed by atoms with E-state index in [9.17, 15) is 9.18 Å². The van der Waals surface area contributed by atoms with Crippen molar-refractivity contribution in [1.82, 2.24) is 20.2 Å². The van der Waals surface area contributed by atoms with Crippen LogP contribution in [-0.2, 0) is 17.8 Å². The maximum absolute atomic E-state index is 14.6. The van der Waals surface area contributed by atoms with Gasteiger partial charge in [-0.3, -0.25) is 0 Å². The van der Waals surface area contributed by atoms with E-state index in [1.54, 1.807) is 19.2 Å². The van der Waals surface area contributed by atoms with Crippen molar-refractivity contribution in [2.45, 2.75) is 39.3 Å². The van der Waals surface area contributed by atoms with E-state index in [4.69, 9.17) is 14.7 Å². The number of rotatable bonds is 6. The zero-order valence-electron chi connectivity index (χ0n) is 21.4. The first-order chi connectivity index (χ1) is 17.2. The number of nitrogens with one attached hydrogen (secondary N) is 1. The fourth-order valence-electron chi connectivity index (χ4n) is 4.29. The van der Waals surface area contributed by atoms with Gasteiger partial charge in [-0.25, -0.2) is 19.2 Å². The monoisotopic (exact) mass is 491 g/mol. The fourth-order valence-corrected chi connectivity index (χ4v) is 4.29. The quantitative estimate of drug-likeness (QED) is 0.544. The summed E-state index contributed by atoms with van der Waals surface area (Å²) in [7, 11) is 1.63. The minimum Gasteiger partial charge on any atom is -0.378 e. The van der Waals surface area contributed by atoms with Gasteiger partial charge in [-0.05, 0) is 32.4 Å². The number of halogens is 1. The van der Waals surface area contributed by atoms with E-state index in [0.717, 1.165) is 22.6 Å². The Morgan fingerprint density at radius 1 is 1.00 bits per heavy atom. The van der Waals surface area contributed by atoms with E-state index in [0.29, 0.717) is 44.0 Å². The molecule has 2 aromatic carbocycles. The molecular formula is C28H34FN5O2. The predicted molar refractivity (Wildman–Crippen MR) is 139 cm³/mol. The number of methoxy groups -OCH3 is 1. The van der Waals surface area contributed by atoms with Gasteiger partial charge in [0.05, 0.1) is 12.3 Å². The summed E-state index contributed by atoms with van der Waals surface area (Å²) in [5.74, 6) is 1.10. The third-order valence-electron chi connectivity index (χ3n) is 6.06. The smallest absolute Gasteiger partial charge is 0.317 e. The maximum atomic E-state index is 14.6. The number of hydrogen-bond donors (Lipinski definition) is 1. The van der Waals surface area contributed by atoms with Crippen molar-refractivity contribution in [1.29, 1.82) is 0 Å². The van der Waals surface area contributed by atoms with Gasteiger partial charge in [0.2, 0.25) is 0 Å². The molecule has 8 heteroatoms. The van der Waals surface area contributed by atoms with E-state index in [1.807, 2.05) is 62.1 Å². The Balaban J connectivity index is 1.70. The van der Waals surface area contributed by atoms with Crippen molar-refractivity contribution in [2.24, 2.45) is 0 Å². The number of carbonyl (C=O) groups excluding carboxylic acids is 1. The fraction of sp³-hybridized carbons (Fsp3) is 0.393. The molecule has 0 radical (unpaired) electrons. The summed E-state index contributed by atoms with van der Waals surface area (Å²) >= 11 is 0. The van der Waals surface area contributed by atoms with Crippen LogP contribution < -0.4 is 10.2 Å². The van der Waals surface area contributed by atoms with Crippen molar-refractivity contribution in [2.75, 3.05) is 38.2 Å². The van der Waals surface area contributed by atoms with Crippen LogP contribution in [0.4, 0.5) is 15.0 Å². The van der Waals surface area contributed by atoms with Crippen molar-refractivity contribution in [3.63, 3.8) is 0 Å². The second kappa shape index (κ2) is 11.0. The summed E-state index contributed by atoms with van der Waals surface area (Å²) in [4.78, 5) is 26.5. The van der Waals surface area contributed by atoms with Crippen molar-refractivity contribution in [3.8, 4) is 11.4 Å². The molecule has 7 nitrogen and oxygen atoms in total. The Morgan fingerprint density at radius 3 is 2.31 bits per heavy atom. The molecule has 1 N–H and O–H groups in total. The van der Waals surface area contributed by atoms with Crippen LogP contribution in [0, 0.1) is 5.82 Å². The molecule has 1 aromatic heterocycles. The zero-order valence-corrected chi connectivity index (χ0v) is 21.4. The Hall–Kier alpha value is -3.52. The summed E-state index contributed by atoms with van der Waals surface area (Å²) in [5, 5.41) is 3.03. The highest BCUT2D eigenvalue weighted by Gasteiger charge is 2.28. The molecule has 1 saturated heterocycles. The van der Waals surface area contributed by atoms with Crippen LogP contribution in [0.5, 0.6) is 0 Å². The number of amides is 2. The van der Waals surface area contributed by atoms with Gasteiger partial charge in [-0.1, -0.05) is 48.5 Å². The third kappa shape index (κ3) is 6.18. The van der Waals surface area contributed by atoms with Gasteiger partial charge in [0, 0.05) is 56.4 Å². The molecule has 1 aliphatic heterocycles. The van der Waals surface area contributed by atoms with Crippen LogP contribution >= 0.6 is 0 Å². The number of ether oxygens (including phenoxy) is 1. The second-order valence-electron chi connectivity index (χ2n) is 10.0. The van der Waals surface area contributed by atoms with Gasteiger partial charge in [0.25, 0.3) is 0 Å². The lowest BCUT2D eigenvalue weighted by Gasteiger charge is -2.37. The van der Waals surface area contributed by atoms with Gasteiger partial charge in [0.15, 0.2) is 5.82 Å². The third-order valence-corrected chi connectivity index (χ3v) is 6.06. The summed E-state index contributed by atoms with van der Waals surface area (Å²) in [6.45, 7) is 8.54. The van der Waals surface area contributed by atoms with E-state index in [1.165, 1.54) is 6.07 Å². The lowest BCUT2D eigenvalue weighted by Crippen LogP contribution is -2.55. The second-order valence-corrected chi connectivity index (χ2v) is 10.0. The summed E-state index contributed by atoms with van der Waals surface area (Å²) < 4.78 is 20.2. The standard InChI is InChI=1S/C28H34FN5O2/c1-28(2,3)32-27(35)34-16-14-33(15-17-34)26-22(18-21-12-8-9-13-23(21)29)24(19-36-4)30-25(31-26)20-10-6-5-7-11-20/h5-13H,14-19H2,1-4H3,(H,32,35). The largest absolute Gasteiger partial charge is 0.378 e. The molecule has 0 bridgehead atoms. The molecule has 3 aromatic rings. The molecule has 1 fully saturated rings. The van der Waals surface area contributed by atoms with Crippen LogP contribution in [-0.4, -0.2) is 59.7 Å². The molecule has 0 atom stereocenters. The van der Waals surface area contributed by atoms with Crippen LogP contribution in [0.15, 0.2) is 54.6 Å². The molecule has 0 spiro atoms. The Morgan fingerprint density at radius 2 is 1.67 bits per heavy atom. The van der Waals surface area contributed by atoms with Crippen LogP contribution in [0.3, 0.4) is 0 Å². The number of carbonyl (C=O) groups is 1. The number of piperazine rings is 1. The first-order valence-corrected chi connectivity index (χ1v) is 12.2. The average Bonchev–Trinajstić information content (AvgIpc) is 2.86. The Bertz CT molecular complexity index is 1190. The highest BCUT2D eigenvalue weighted by atomic mass is 19.1. The number of urea groups is 1. The molecular weight excluding hydrogens is 457 g/mol. The van der Waals surface area contributed by atoms with Crippen molar-refractivity contribution < 1.29 is 13.9 Å². The number of anilines is 1. The van der Waals surface area contributed by atoms with Gasteiger partial charge >= 0.3 is 6.03 Å². The highest BCUT2D eigenvalue weighted by molar-refractivity contribution is 5.75. The summed E-state index contributed by atoms with van der Waals surface area (Å²) in [6, 6.07) is 16.5. The maximum Gasteiger partial charge on any atom is 0.317 e. The van der Waals surface area contributed by atoms with Crippen LogP contribution in [0.25, 0.3) is 11.4 Å². The molecule has 0 unspecified atom stereocenters. The normalized spacial score (nSPS) is 14.1. The van der Waals surface area contributed by atoms with Gasteiger partial charge in [-0.15, -0.1) is 0 Å². The van der Waals surface area contributed by atoms with E-state index < -0.39 is 0 Å². The van der Waals surface area contributed by atoms with Crippen molar-refractivity contribution >= 4 is 11.8 Å². The number of hydrogen-bond acceptors (Lipinski definition) is 5. The minimum absolute atomic E-state index is 0.0681. The number of aromatic nitrogens is 2. The molecule has 4 rings (SSSR count). The molecule has 36 heavy (non-hydrogen) atoms. The summed E-state index contributed by atoms with van der Waals surface area (Å²) in [5.41, 5.74) is 2.76. The molecule has 1 aliphatic rings. The lowest BCUT2D eigenvalue weighted by molar-refractivity contribution is 0.180. The Labute approximate surface area is 212 Å². The van der Waals surface area contributed by atoms with Crippen LogP contribution in [0.2, 0.25) is 0 Å².